The van der Waals surface area contributed by atoms with E-state index in [1.807, 2.05) is 12.1 Å². The molecule has 1 N–H and O–H groups in total. The molecule has 3 aromatic rings. The third-order valence-corrected chi connectivity index (χ3v) is 5.56. The molecule has 0 aliphatic rings. The molecule has 0 aliphatic carbocycles. The maximum Gasteiger partial charge on any atom is 0.436 e. The first-order valence-electron chi connectivity index (χ1n) is 8.12. The van der Waals surface area contributed by atoms with Crippen molar-refractivity contribution in [3.8, 4) is 0 Å². The lowest BCUT2D eigenvalue weighted by molar-refractivity contribution is -0.142. The van der Waals surface area contributed by atoms with Gasteiger partial charge in [0.15, 0.2) is 11.5 Å². The summed E-state index contributed by atoms with van der Waals surface area (Å²) in [7, 11) is 0. The molecule has 6 nitrogen and oxygen atoms in total. The zero-order valence-corrected chi connectivity index (χ0v) is 17.9. The van der Waals surface area contributed by atoms with Crippen LogP contribution in [0.3, 0.4) is 0 Å². The number of nitrogens with zero attached hydrogens (tertiary/aromatic N) is 4. The fourth-order valence-corrected chi connectivity index (χ4v) is 3.43. The van der Waals surface area contributed by atoms with Crippen LogP contribution in [0.2, 0.25) is 10.0 Å². The first kappa shape index (κ1) is 21.7. The third-order valence-electron chi connectivity index (χ3n) is 3.96. The molecule has 12 heteroatoms. The molecule has 0 atom stereocenters. The number of benzene rings is 1. The maximum absolute atomic E-state index is 12.9. The van der Waals surface area contributed by atoms with Crippen LogP contribution in [0.25, 0.3) is 0 Å². The molecule has 0 spiro atoms. The average Bonchev–Trinajstić information content (AvgIpc) is 3.10. The molecule has 1 amide bonds. The van der Waals surface area contributed by atoms with E-state index in [1.54, 1.807) is 12.1 Å². The summed E-state index contributed by atoms with van der Waals surface area (Å²) in [4.78, 5) is 12.3. The Morgan fingerprint density at radius 3 is 2.52 bits per heavy atom. The summed E-state index contributed by atoms with van der Waals surface area (Å²) in [6, 6.07) is 7.19. The number of hydrogen-bond donors (Lipinski definition) is 1. The zero-order chi connectivity index (χ0) is 21.3. The van der Waals surface area contributed by atoms with Crippen molar-refractivity contribution in [1.82, 2.24) is 19.6 Å². The Labute approximate surface area is 181 Å². The Kier molecular flexibility index (Phi) is 6.25. The summed E-state index contributed by atoms with van der Waals surface area (Å²) in [5.74, 6) is -0.537. The van der Waals surface area contributed by atoms with Gasteiger partial charge < -0.3 is 5.32 Å². The first-order valence-corrected chi connectivity index (χ1v) is 9.67. The molecule has 0 fully saturated rings. The van der Waals surface area contributed by atoms with E-state index in [1.165, 1.54) is 17.8 Å². The fourth-order valence-electron chi connectivity index (χ4n) is 2.53. The number of aromatic nitrogens is 4. The van der Waals surface area contributed by atoms with Gasteiger partial charge in [0.2, 0.25) is 5.91 Å². The molecule has 0 aliphatic heterocycles. The first-order chi connectivity index (χ1) is 13.6. The molecule has 0 unspecified atom stereocenters. The standard InChI is InChI=1S/C17H13BrCl2F3N5O/c1-9-14(18)15(17(21,22)23)25-28(9)8-13(29)24-16-12(20)7-27(26-16)6-10-4-2-3-5-11(10)19/h2-5,7H,6,8H2,1H3,(H,24,26,29). The van der Waals surface area contributed by atoms with Crippen molar-refractivity contribution >= 4 is 50.9 Å². The van der Waals surface area contributed by atoms with Crippen LogP contribution in [0, 0.1) is 6.92 Å². The molecule has 0 saturated carbocycles. The lowest BCUT2D eigenvalue weighted by Crippen LogP contribution is -2.21. The summed E-state index contributed by atoms with van der Waals surface area (Å²) in [5.41, 5.74) is -0.115. The van der Waals surface area contributed by atoms with Gasteiger partial charge in [0, 0.05) is 11.2 Å². The van der Waals surface area contributed by atoms with Gasteiger partial charge in [0.1, 0.15) is 11.6 Å². The van der Waals surface area contributed by atoms with Crippen LogP contribution >= 0.6 is 39.1 Å². The van der Waals surface area contributed by atoms with E-state index in [0.717, 1.165) is 10.2 Å². The predicted molar refractivity (Wildman–Crippen MR) is 106 cm³/mol. The zero-order valence-electron chi connectivity index (χ0n) is 14.8. The van der Waals surface area contributed by atoms with Gasteiger partial charge in [-0.25, -0.2) is 0 Å². The molecule has 3 rings (SSSR count). The summed E-state index contributed by atoms with van der Waals surface area (Å²) in [5, 5.41) is 10.9. The molecule has 29 heavy (non-hydrogen) atoms. The van der Waals surface area contributed by atoms with E-state index < -0.39 is 24.3 Å². The van der Waals surface area contributed by atoms with Crippen LogP contribution < -0.4 is 5.32 Å². The average molecular weight is 511 g/mol. The van der Waals surface area contributed by atoms with Gasteiger partial charge >= 0.3 is 6.18 Å². The second-order valence-corrected chi connectivity index (χ2v) is 7.67. The monoisotopic (exact) mass is 509 g/mol. The Hall–Kier alpha value is -2.04. The number of halogens is 6. The van der Waals surface area contributed by atoms with Crippen LogP contribution in [-0.4, -0.2) is 25.5 Å². The Morgan fingerprint density at radius 2 is 1.90 bits per heavy atom. The van der Waals surface area contributed by atoms with Crippen LogP contribution in [0.1, 0.15) is 17.0 Å². The highest BCUT2D eigenvalue weighted by atomic mass is 79.9. The van der Waals surface area contributed by atoms with Gasteiger partial charge in [0.25, 0.3) is 0 Å². The van der Waals surface area contributed by atoms with Crippen molar-refractivity contribution in [1.29, 1.82) is 0 Å². The number of carbonyl (C=O) groups excluding carboxylic acids is 1. The van der Waals surface area contributed by atoms with Crippen molar-refractivity contribution in [2.45, 2.75) is 26.2 Å². The second-order valence-electron chi connectivity index (χ2n) is 6.07. The van der Waals surface area contributed by atoms with E-state index in [9.17, 15) is 18.0 Å². The van der Waals surface area contributed by atoms with Crippen LogP contribution in [0.4, 0.5) is 19.0 Å². The van der Waals surface area contributed by atoms with Gasteiger partial charge in [0.05, 0.1) is 16.7 Å². The van der Waals surface area contributed by atoms with Crippen molar-refractivity contribution in [2.24, 2.45) is 0 Å². The largest absolute Gasteiger partial charge is 0.436 e. The van der Waals surface area contributed by atoms with E-state index in [4.69, 9.17) is 23.2 Å². The maximum atomic E-state index is 12.9. The van der Waals surface area contributed by atoms with Gasteiger partial charge in [-0.2, -0.15) is 23.4 Å². The highest BCUT2D eigenvalue weighted by Crippen LogP contribution is 2.35. The van der Waals surface area contributed by atoms with Crippen LogP contribution in [-0.2, 0) is 24.1 Å². The Bertz CT molecular complexity index is 1060. The number of amides is 1. The van der Waals surface area contributed by atoms with Crippen molar-refractivity contribution in [3.05, 3.63) is 61.9 Å². The number of anilines is 1. The van der Waals surface area contributed by atoms with Crippen molar-refractivity contribution in [2.75, 3.05) is 5.32 Å². The predicted octanol–water partition coefficient (Wildman–Crippen LogP) is 5.16. The summed E-state index contributed by atoms with van der Waals surface area (Å²) < 4.78 is 41.1. The highest BCUT2D eigenvalue weighted by Gasteiger charge is 2.38. The smallest absolute Gasteiger partial charge is 0.306 e. The molecular formula is C17H13BrCl2F3N5O. The molecule has 0 bridgehead atoms. The molecule has 2 heterocycles. The van der Waals surface area contributed by atoms with E-state index in [0.29, 0.717) is 11.6 Å². The summed E-state index contributed by atoms with van der Waals surface area (Å²) >= 11 is 15.1. The highest BCUT2D eigenvalue weighted by molar-refractivity contribution is 9.10. The number of carbonyl (C=O) groups is 1. The lowest BCUT2D eigenvalue weighted by atomic mass is 10.2. The fraction of sp³-hybridized carbons (Fsp3) is 0.235. The number of nitrogens with one attached hydrogen (secondary N) is 1. The minimum Gasteiger partial charge on any atom is -0.306 e. The summed E-state index contributed by atoms with van der Waals surface area (Å²) in [6.45, 7) is 1.31. The van der Waals surface area contributed by atoms with E-state index in [-0.39, 0.29) is 21.0 Å². The Balaban J connectivity index is 1.72. The molecule has 154 valence electrons. The lowest BCUT2D eigenvalue weighted by Gasteiger charge is -2.06. The Morgan fingerprint density at radius 1 is 1.21 bits per heavy atom. The molecule has 1 aromatic carbocycles. The number of rotatable bonds is 5. The quantitative estimate of drug-likeness (QED) is 0.515. The van der Waals surface area contributed by atoms with Crippen molar-refractivity contribution < 1.29 is 18.0 Å². The van der Waals surface area contributed by atoms with Crippen molar-refractivity contribution in [3.63, 3.8) is 0 Å². The van der Waals surface area contributed by atoms with E-state index >= 15 is 0 Å². The molecular weight excluding hydrogens is 498 g/mol. The topological polar surface area (TPSA) is 64.7 Å². The number of hydrogen-bond acceptors (Lipinski definition) is 3. The molecule has 2 aromatic heterocycles. The summed E-state index contributed by atoms with van der Waals surface area (Å²) in [6.07, 6.45) is -3.12. The van der Waals surface area contributed by atoms with Crippen LogP contribution in [0.15, 0.2) is 34.9 Å². The second kappa shape index (κ2) is 8.37. The van der Waals surface area contributed by atoms with Gasteiger partial charge in [-0.15, -0.1) is 0 Å². The van der Waals surface area contributed by atoms with Gasteiger partial charge in [-0.05, 0) is 34.5 Å². The minimum absolute atomic E-state index is 0.0867. The van der Waals surface area contributed by atoms with E-state index in [2.05, 4.69) is 31.4 Å². The minimum atomic E-state index is -4.63. The third kappa shape index (κ3) is 4.93. The van der Waals surface area contributed by atoms with Crippen LogP contribution in [0.5, 0.6) is 0 Å². The van der Waals surface area contributed by atoms with Gasteiger partial charge in [-0.3, -0.25) is 14.2 Å². The normalized spacial score (nSPS) is 11.7. The number of alkyl halides is 3. The molecule has 0 saturated heterocycles. The van der Waals surface area contributed by atoms with Gasteiger partial charge in [-0.1, -0.05) is 41.4 Å². The SMILES string of the molecule is Cc1c(Br)c(C(F)(F)F)nn1CC(=O)Nc1nn(Cc2ccccc2Cl)cc1Cl. The molecule has 0 radical (unpaired) electrons.